The van der Waals surface area contributed by atoms with E-state index in [-0.39, 0.29) is 5.75 Å². The molecule has 0 heterocycles. The van der Waals surface area contributed by atoms with Crippen molar-refractivity contribution in [1.29, 1.82) is 0 Å². The summed E-state index contributed by atoms with van der Waals surface area (Å²) >= 11 is 0. The Hall–Kier alpha value is -1.36. The van der Waals surface area contributed by atoms with E-state index < -0.39 is 9.84 Å². The third-order valence-corrected chi connectivity index (χ3v) is 3.49. The molecule has 0 radical (unpaired) electrons. The second-order valence-corrected chi connectivity index (χ2v) is 6.47. The van der Waals surface area contributed by atoms with Gasteiger partial charge in [0.15, 0.2) is 0 Å². The number of carbonyl (C=O) groups is 1. The zero-order valence-corrected chi connectivity index (χ0v) is 11.1. The van der Waals surface area contributed by atoms with Crippen LogP contribution in [0.2, 0.25) is 0 Å². The van der Waals surface area contributed by atoms with Gasteiger partial charge in [0.05, 0.1) is 5.75 Å². The van der Waals surface area contributed by atoms with Crippen LogP contribution >= 0.6 is 0 Å². The quantitative estimate of drug-likeness (QED) is 0.744. The smallest absolute Gasteiger partial charge is 0.150 e. The van der Waals surface area contributed by atoms with Crippen molar-refractivity contribution in [1.82, 2.24) is 0 Å². The van der Waals surface area contributed by atoms with E-state index in [1.165, 1.54) is 6.26 Å². The van der Waals surface area contributed by atoms with Crippen molar-refractivity contribution in [3.05, 3.63) is 29.3 Å². The molecule has 0 aliphatic heterocycles. The lowest BCUT2D eigenvalue weighted by Gasteiger charge is -2.21. The first kappa shape index (κ1) is 13.7. The Morgan fingerprint density at radius 2 is 2.00 bits per heavy atom. The zero-order chi connectivity index (χ0) is 13.1. The van der Waals surface area contributed by atoms with Crippen LogP contribution in [0.25, 0.3) is 0 Å². The van der Waals surface area contributed by atoms with E-state index in [1.807, 2.05) is 24.9 Å². The van der Waals surface area contributed by atoms with E-state index in [1.54, 1.807) is 12.1 Å². The Balaban J connectivity index is 2.82. The monoisotopic (exact) mass is 255 g/mol. The number of aldehydes is 1. The summed E-state index contributed by atoms with van der Waals surface area (Å²) in [6.45, 7) is 2.35. The van der Waals surface area contributed by atoms with E-state index in [4.69, 9.17) is 0 Å². The van der Waals surface area contributed by atoms with Gasteiger partial charge < -0.3 is 4.90 Å². The Bertz CT molecular complexity index is 508. The molecule has 17 heavy (non-hydrogen) atoms. The second kappa shape index (κ2) is 5.31. The molecule has 0 aliphatic rings. The summed E-state index contributed by atoms with van der Waals surface area (Å²) in [5, 5.41) is 0. The first-order valence-electron chi connectivity index (χ1n) is 5.28. The molecule has 1 rings (SSSR count). The SMILES string of the molecule is Cc1cc(C=O)ccc1N(C)CCS(C)(=O)=O. The van der Waals surface area contributed by atoms with E-state index in [0.717, 1.165) is 17.5 Å². The molecule has 0 aromatic heterocycles. The fourth-order valence-electron chi connectivity index (χ4n) is 1.60. The number of carbonyl (C=O) groups excluding carboxylic acids is 1. The van der Waals surface area contributed by atoms with Crippen LogP contribution in [0.3, 0.4) is 0 Å². The molecule has 1 aromatic rings. The summed E-state index contributed by atoms with van der Waals surface area (Å²) in [5.41, 5.74) is 2.53. The fraction of sp³-hybridized carbons (Fsp3) is 0.417. The first-order valence-corrected chi connectivity index (χ1v) is 7.34. The number of anilines is 1. The van der Waals surface area contributed by atoms with Crippen LogP contribution < -0.4 is 4.90 Å². The van der Waals surface area contributed by atoms with Gasteiger partial charge in [-0.3, -0.25) is 4.79 Å². The van der Waals surface area contributed by atoms with Crippen LogP contribution in [-0.4, -0.2) is 40.3 Å². The van der Waals surface area contributed by atoms with E-state index in [2.05, 4.69) is 0 Å². The van der Waals surface area contributed by atoms with Crippen LogP contribution in [0.15, 0.2) is 18.2 Å². The van der Waals surface area contributed by atoms with Gasteiger partial charge in [0.25, 0.3) is 0 Å². The number of rotatable bonds is 5. The number of sulfone groups is 1. The molecule has 0 fully saturated rings. The highest BCUT2D eigenvalue weighted by Crippen LogP contribution is 2.19. The number of benzene rings is 1. The van der Waals surface area contributed by atoms with E-state index in [0.29, 0.717) is 12.1 Å². The lowest BCUT2D eigenvalue weighted by molar-refractivity contribution is 0.112. The molecule has 0 spiro atoms. The van der Waals surface area contributed by atoms with Gasteiger partial charge >= 0.3 is 0 Å². The van der Waals surface area contributed by atoms with Gasteiger partial charge in [0.1, 0.15) is 16.1 Å². The lowest BCUT2D eigenvalue weighted by atomic mass is 10.1. The van der Waals surface area contributed by atoms with E-state index in [9.17, 15) is 13.2 Å². The van der Waals surface area contributed by atoms with Crippen LogP contribution in [0.1, 0.15) is 15.9 Å². The Morgan fingerprint density at radius 3 is 2.47 bits per heavy atom. The topological polar surface area (TPSA) is 54.5 Å². The molecule has 0 saturated heterocycles. The van der Waals surface area contributed by atoms with Crippen molar-refractivity contribution < 1.29 is 13.2 Å². The largest absolute Gasteiger partial charge is 0.373 e. The highest BCUT2D eigenvalue weighted by Gasteiger charge is 2.08. The van der Waals surface area contributed by atoms with Crippen molar-refractivity contribution in [3.8, 4) is 0 Å². The van der Waals surface area contributed by atoms with Gasteiger partial charge in [-0.15, -0.1) is 0 Å². The fourth-order valence-corrected chi connectivity index (χ4v) is 2.21. The molecule has 5 heteroatoms. The van der Waals surface area contributed by atoms with Gasteiger partial charge in [-0.05, 0) is 30.7 Å². The maximum Gasteiger partial charge on any atom is 0.150 e. The second-order valence-electron chi connectivity index (χ2n) is 4.22. The molecule has 0 atom stereocenters. The molecule has 0 bridgehead atoms. The van der Waals surface area contributed by atoms with Crippen LogP contribution in [-0.2, 0) is 9.84 Å². The van der Waals surface area contributed by atoms with Gasteiger partial charge in [-0.25, -0.2) is 8.42 Å². The highest BCUT2D eigenvalue weighted by molar-refractivity contribution is 7.90. The standard InChI is InChI=1S/C12H17NO3S/c1-10-8-11(9-14)4-5-12(10)13(2)6-7-17(3,15)16/h4-5,8-9H,6-7H2,1-3H3. The third-order valence-electron chi connectivity index (χ3n) is 2.57. The molecule has 0 amide bonds. The maximum atomic E-state index is 11.1. The minimum Gasteiger partial charge on any atom is -0.373 e. The zero-order valence-electron chi connectivity index (χ0n) is 10.3. The summed E-state index contributed by atoms with van der Waals surface area (Å²) in [6, 6.07) is 5.35. The van der Waals surface area contributed by atoms with Crippen LogP contribution in [0, 0.1) is 6.92 Å². The average molecular weight is 255 g/mol. The van der Waals surface area contributed by atoms with Crippen molar-refractivity contribution >= 4 is 21.8 Å². The third kappa shape index (κ3) is 4.19. The average Bonchev–Trinajstić information content (AvgIpc) is 2.24. The number of hydrogen-bond acceptors (Lipinski definition) is 4. The van der Waals surface area contributed by atoms with Crippen molar-refractivity contribution in [2.24, 2.45) is 0 Å². The van der Waals surface area contributed by atoms with Crippen molar-refractivity contribution in [3.63, 3.8) is 0 Å². The van der Waals surface area contributed by atoms with Crippen molar-refractivity contribution in [2.75, 3.05) is 30.5 Å². The minimum absolute atomic E-state index is 0.123. The molecule has 0 unspecified atom stereocenters. The predicted molar refractivity (Wildman–Crippen MR) is 69.5 cm³/mol. The number of nitrogens with zero attached hydrogens (tertiary/aromatic N) is 1. The molecule has 0 aliphatic carbocycles. The van der Waals surface area contributed by atoms with Crippen LogP contribution in [0.5, 0.6) is 0 Å². The van der Waals surface area contributed by atoms with Gasteiger partial charge in [0, 0.05) is 31.1 Å². The van der Waals surface area contributed by atoms with Crippen molar-refractivity contribution in [2.45, 2.75) is 6.92 Å². The Kier molecular flexibility index (Phi) is 4.28. The molecule has 0 saturated carbocycles. The predicted octanol–water partition coefficient (Wildman–Crippen LogP) is 1.29. The molecular formula is C12H17NO3S. The minimum atomic E-state index is -2.95. The highest BCUT2D eigenvalue weighted by atomic mass is 32.2. The molecule has 1 aromatic carbocycles. The van der Waals surface area contributed by atoms with Gasteiger partial charge in [0.2, 0.25) is 0 Å². The summed E-state index contributed by atoms with van der Waals surface area (Å²) < 4.78 is 22.2. The summed E-state index contributed by atoms with van der Waals surface area (Å²) in [7, 11) is -1.11. The normalized spacial score (nSPS) is 11.2. The lowest BCUT2D eigenvalue weighted by Crippen LogP contribution is -2.25. The van der Waals surface area contributed by atoms with E-state index >= 15 is 0 Å². The molecule has 4 nitrogen and oxygen atoms in total. The first-order chi connectivity index (χ1) is 7.83. The molecule has 0 N–H and O–H groups in total. The molecule has 94 valence electrons. The maximum absolute atomic E-state index is 11.1. The van der Waals surface area contributed by atoms with Crippen LogP contribution in [0.4, 0.5) is 5.69 Å². The summed E-state index contributed by atoms with van der Waals surface area (Å²) in [4.78, 5) is 12.5. The number of hydrogen-bond donors (Lipinski definition) is 0. The summed E-state index contributed by atoms with van der Waals surface area (Å²) in [6.07, 6.45) is 2.02. The number of aryl methyl sites for hydroxylation is 1. The summed E-state index contributed by atoms with van der Waals surface area (Å²) in [5.74, 6) is 0.123. The van der Waals surface area contributed by atoms with Gasteiger partial charge in [-0.2, -0.15) is 0 Å². The van der Waals surface area contributed by atoms with Gasteiger partial charge in [-0.1, -0.05) is 0 Å². The Labute approximate surface area is 102 Å². The Morgan fingerprint density at radius 1 is 1.35 bits per heavy atom. The molecular weight excluding hydrogens is 238 g/mol.